The van der Waals surface area contributed by atoms with Gasteiger partial charge in [-0.25, -0.2) is 4.79 Å². The van der Waals surface area contributed by atoms with Crippen LogP contribution in [0.25, 0.3) is 21.5 Å². The van der Waals surface area contributed by atoms with Crippen LogP contribution in [-0.4, -0.2) is 23.7 Å². The summed E-state index contributed by atoms with van der Waals surface area (Å²) in [6.07, 6.45) is 0. The predicted octanol–water partition coefficient (Wildman–Crippen LogP) is 4.94. The highest BCUT2D eigenvalue weighted by molar-refractivity contribution is 5.87. The molecular weight excluding hydrogens is 338 g/mol. The highest BCUT2D eigenvalue weighted by atomic mass is 16.5. The van der Waals surface area contributed by atoms with E-state index in [0.717, 1.165) is 27.2 Å². The minimum atomic E-state index is -0.955. The van der Waals surface area contributed by atoms with E-state index in [-0.39, 0.29) is 6.61 Å². The summed E-state index contributed by atoms with van der Waals surface area (Å²) < 4.78 is 5.75. The van der Waals surface area contributed by atoms with Crippen molar-refractivity contribution in [1.82, 2.24) is 0 Å². The number of nitrogens with one attached hydrogen (secondary N) is 1. The summed E-state index contributed by atoms with van der Waals surface area (Å²) in [7, 11) is 0. The van der Waals surface area contributed by atoms with Crippen LogP contribution in [0.1, 0.15) is 0 Å². The van der Waals surface area contributed by atoms with Gasteiger partial charge in [-0.3, -0.25) is 0 Å². The SMILES string of the molecule is O=C(O)C(COc1ccc2ccccc2c1)Nc1ccc2ccccc2c1. The topological polar surface area (TPSA) is 58.6 Å². The average molecular weight is 357 g/mol. The molecule has 134 valence electrons. The second-order valence-electron chi connectivity index (χ2n) is 6.42. The Morgan fingerprint density at radius 3 is 2.07 bits per heavy atom. The molecule has 1 unspecified atom stereocenters. The van der Waals surface area contributed by atoms with Crippen molar-refractivity contribution in [2.75, 3.05) is 11.9 Å². The first-order valence-electron chi connectivity index (χ1n) is 8.79. The van der Waals surface area contributed by atoms with Gasteiger partial charge < -0.3 is 15.2 Å². The van der Waals surface area contributed by atoms with Crippen molar-refractivity contribution in [2.45, 2.75) is 6.04 Å². The molecule has 4 nitrogen and oxygen atoms in total. The number of rotatable bonds is 6. The number of aliphatic carboxylic acids is 1. The van der Waals surface area contributed by atoms with E-state index in [1.165, 1.54) is 0 Å². The van der Waals surface area contributed by atoms with E-state index < -0.39 is 12.0 Å². The maximum Gasteiger partial charge on any atom is 0.329 e. The van der Waals surface area contributed by atoms with Crippen LogP contribution in [-0.2, 0) is 4.79 Å². The number of carbonyl (C=O) groups is 1. The van der Waals surface area contributed by atoms with Gasteiger partial charge in [-0.1, -0.05) is 60.7 Å². The van der Waals surface area contributed by atoms with Gasteiger partial charge in [0.05, 0.1) is 0 Å². The molecule has 2 N–H and O–H groups in total. The van der Waals surface area contributed by atoms with E-state index in [9.17, 15) is 9.90 Å². The molecule has 0 aliphatic rings. The Hall–Kier alpha value is -3.53. The summed E-state index contributed by atoms with van der Waals surface area (Å²) in [5, 5.41) is 17.0. The van der Waals surface area contributed by atoms with Crippen molar-refractivity contribution >= 4 is 33.2 Å². The van der Waals surface area contributed by atoms with Gasteiger partial charge in [0.2, 0.25) is 0 Å². The molecule has 4 aromatic rings. The molecule has 0 amide bonds. The van der Waals surface area contributed by atoms with Crippen molar-refractivity contribution in [3.05, 3.63) is 84.9 Å². The molecule has 0 aliphatic heterocycles. The van der Waals surface area contributed by atoms with Crippen molar-refractivity contribution in [3.8, 4) is 5.75 Å². The van der Waals surface area contributed by atoms with E-state index in [4.69, 9.17) is 4.74 Å². The molecule has 0 aliphatic carbocycles. The van der Waals surface area contributed by atoms with Crippen molar-refractivity contribution in [1.29, 1.82) is 0 Å². The van der Waals surface area contributed by atoms with Crippen LogP contribution >= 0.6 is 0 Å². The first-order chi connectivity index (χ1) is 13.2. The summed E-state index contributed by atoms with van der Waals surface area (Å²) in [5.74, 6) is -0.302. The minimum absolute atomic E-state index is 0.0283. The lowest BCUT2D eigenvalue weighted by Crippen LogP contribution is -2.35. The lowest BCUT2D eigenvalue weighted by atomic mass is 10.1. The molecule has 0 bridgehead atoms. The van der Waals surface area contributed by atoms with E-state index in [1.54, 1.807) is 0 Å². The van der Waals surface area contributed by atoms with Gasteiger partial charge in [-0.05, 0) is 45.8 Å². The fourth-order valence-electron chi connectivity index (χ4n) is 3.09. The second kappa shape index (κ2) is 7.38. The zero-order valence-electron chi connectivity index (χ0n) is 14.6. The number of ether oxygens (including phenoxy) is 1. The van der Waals surface area contributed by atoms with Crippen LogP contribution in [0.3, 0.4) is 0 Å². The Kier molecular flexibility index (Phi) is 4.62. The average Bonchev–Trinajstić information content (AvgIpc) is 2.70. The third kappa shape index (κ3) is 3.85. The van der Waals surface area contributed by atoms with E-state index in [1.807, 2.05) is 84.9 Å². The summed E-state index contributed by atoms with van der Waals surface area (Å²) in [5.41, 5.74) is 0.753. The number of benzene rings is 4. The second-order valence-corrected chi connectivity index (χ2v) is 6.42. The van der Waals surface area contributed by atoms with Crippen LogP contribution in [0.4, 0.5) is 5.69 Å². The van der Waals surface area contributed by atoms with E-state index in [0.29, 0.717) is 5.75 Å². The van der Waals surface area contributed by atoms with Crippen molar-refractivity contribution in [2.24, 2.45) is 0 Å². The van der Waals surface area contributed by atoms with E-state index >= 15 is 0 Å². The van der Waals surface area contributed by atoms with Crippen LogP contribution in [0.5, 0.6) is 5.75 Å². The maximum absolute atomic E-state index is 11.7. The Morgan fingerprint density at radius 2 is 1.41 bits per heavy atom. The Morgan fingerprint density at radius 1 is 0.815 bits per heavy atom. The van der Waals surface area contributed by atoms with E-state index in [2.05, 4.69) is 5.32 Å². The summed E-state index contributed by atoms with van der Waals surface area (Å²) in [4.78, 5) is 11.7. The van der Waals surface area contributed by atoms with Crippen LogP contribution < -0.4 is 10.1 Å². The third-order valence-electron chi connectivity index (χ3n) is 4.53. The molecule has 4 aromatic carbocycles. The zero-order valence-corrected chi connectivity index (χ0v) is 14.6. The minimum Gasteiger partial charge on any atom is -0.491 e. The number of hydrogen-bond acceptors (Lipinski definition) is 3. The third-order valence-corrected chi connectivity index (χ3v) is 4.53. The fourth-order valence-corrected chi connectivity index (χ4v) is 3.09. The molecular formula is C23H19NO3. The zero-order chi connectivity index (χ0) is 18.6. The Labute approximate surface area is 157 Å². The van der Waals surface area contributed by atoms with Crippen molar-refractivity contribution < 1.29 is 14.6 Å². The van der Waals surface area contributed by atoms with Gasteiger partial charge in [0, 0.05) is 5.69 Å². The van der Waals surface area contributed by atoms with Crippen LogP contribution in [0.15, 0.2) is 84.9 Å². The number of anilines is 1. The quantitative estimate of drug-likeness (QED) is 0.513. The lowest BCUT2D eigenvalue weighted by molar-refractivity contribution is -0.138. The molecule has 0 saturated heterocycles. The Balaban J connectivity index is 1.49. The highest BCUT2D eigenvalue weighted by Crippen LogP contribution is 2.22. The molecule has 0 fully saturated rings. The predicted molar refractivity (Wildman–Crippen MR) is 108 cm³/mol. The smallest absolute Gasteiger partial charge is 0.329 e. The number of fused-ring (bicyclic) bond motifs is 2. The van der Waals surface area contributed by atoms with Gasteiger partial charge >= 0.3 is 5.97 Å². The van der Waals surface area contributed by atoms with Crippen molar-refractivity contribution in [3.63, 3.8) is 0 Å². The number of hydrogen-bond donors (Lipinski definition) is 2. The molecule has 0 saturated carbocycles. The fraction of sp³-hybridized carbons (Fsp3) is 0.0870. The first kappa shape index (κ1) is 16.9. The summed E-state index contributed by atoms with van der Waals surface area (Å²) in [6.45, 7) is 0.0283. The highest BCUT2D eigenvalue weighted by Gasteiger charge is 2.18. The van der Waals surface area contributed by atoms with Crippen LogP contribution in [0, 0.1) is 0 Å². The molecule has 0 spiro atoms. The normalized spacial score (nSPS) is 12.0. The van der Waals surface area contributed by atoms with Gasteiger partial charge in [0.15, 0.2) is 6.04 Å². The summed E-state index contributed by atoms with van der Waals surface area (Å²) in [6, 6.07) is 26.6. The first-order valence-corrected chi connectivity index (χ1v) is 8.79. The molecule has 0 heterocycles. The molecule has 0 radical (unpaired) electrons. The maximum atomic E-state index is 11.7. The molecule has 4 rings (SSSR count). The molecule has 1 atom stereocenters. The van der Waals surface area contributed by atoms with Crippen LogP contribution in [0.2, 0.25) is 0 Å². The molecule has 27 heavy (non-hydrogen) atoms. The lowest BCUT2D eigenvalue weighted by Gasteiger charge is -2.17. The van der Waals surface area contributed by atoms with Gasteiger partial charge in [-0.15, -0.1) is 0 Å². The molecule has 4 heteroatoms. The number of carboxylic acids is 1. The van der Waals surface area contributed by atoms with Gasteiger partial charge in [-0.2, -0.15) is 0 Å². The van der Waals surface area contributed by atoms with Gasteiger partial charge in [0.25, 0.3) is 0 Å². The summed E-state index contributed by atoms with van der Waals surface area (Å²) >= 11 is 0. The standard InChI is InChI=1S/C23H19NO3/c25-23(26)22(24-20-11-9-16-5-1-3-7-18(16)13-20)15-27-21-12-10-17-6-2-4-8-19(17)14-21/h1-14,22,24H,15H2,(H,25,26). The monoisotopic (exact) mass is 357 g/mol. The Bertz CT molecular complexity index is 1110. The van der Waals surface area contributed by atoms with Gasteiger partial charge in [0.1, 0.15) is 12.4 Å². The number of carboxylic acid groups (broad SMARTS) is 1. The molecule has 0 aromatic heterocycles. The largest absolute Gasteiger partial charge is 0.491 e.